The Bertz CT molecular complexity index is 563. The number of quaternary nitrogens is 1. The molecule has 3 nitrogen and oxygen atoms in total. The maximum atomic E-state index is 10.4. The summed E-state index contributed by atoms with van der Waals surface area (Å²) in [5.74, 6) is 2.35. The van der Waals surface area contributed by atoms with Crippen LogP contribution in [0.25, 0.3) is 0 Å². The zero-order valence-electron chi connectivity index (χ0n) is 18.6. The van der Waals surface area contributed by atoms with Gasteiger partial charge in [-0.15, -0.1) is 0 Å². The van der Waals surface area contributed by atoms with E-state index in [0.717, 1.165) is 30.6 Å². The van der Waals surface area contributed by atoms with Gasteiger partial charge in [0.25, 0.3) is 0 Å². The standard InChI is InChI=1S/C24H41NO2/c1-18-12-19(2)14-25(13-18)15-21(26)16-27-22-10-8-20(9-11-22)24(6,7)17-23(3,4)5/h8-11,18-19,21,26H,12-17H2,1-7H3/p+1/t18-,19+,21-/m0/s1. The van der Waals surface area contributed by atoms with Gasteiger partial charge in [-0.05, 0) is 41.4 Å². The molecule has 4 atom stereocenters. The number of hydrogen-bond acceptors (Lipinski definition) is 2. The fraction of sp³-hybridized carbons (Fsp3) is 0.750. The molecule has 27 heavy (non-hydrogen) atoms. The fourth-order valence-electron chi connectivity index (χ4n) is 5.10. The van der Waals surface area contributed by atoms with Crippen LogP contribution >= 0.6 is 0 Å². The van der Waals surface area contributed by atoms with Crippen molar-refractivity contribution in [2.75, 3.05) is 26.2 Å². The highest BCUT2D eigenvalue weighted by molar-refractivity contribution is 5.31. The Balaban J connectivity index is 1.84. The third kappa shape index (κ3) is 7.46. The van der Waals surface area contributed by atoms with Crippen LogP contribution in [0.15, 0.2) is 24.3 Å². The van der Waals surface area contributed by atoms with E-state index >= 15 is 0 Å². The molecule has 1 aromatic rings. The van der Waals surface area contributed by atoms with Crippen molar-refractivity contribution in [3.8, 4) is 5.75 Å². The number of likely N-dealkylation sites (tertiary alicyclic amines) is 1. The lowest BCUT2D eigenvalue weighted by Gasteiger charge is -2.33. The second-order valence-electron chi connectivity index (χ2n) is 10.9. The van der Waals surface area contributed by atoms with E-state index < -0.39 is 6.10 Å². The Morgan fingerprint density at radius 3 is 2.11 bits per heavy atom. The van der Waals surface area contributed by atoms with Crippen LogP contribution in [0.5, 0.6) is 5.75 Å². The highest BCUT2D eigenvalue weighted by Crippen LogP contribution is 2.36. The Kier molecular flexibility index (Phi) is 7.38. The van der Waals surface area contributed by atoms with Gasteiger partial charge in [0.2, 0.25) is 0 Å². The molecule has 1 aromatic carbocycles. The normalized spacial score (nSPS) is 25.3. The molecule has 0 aliphatic carbocycles. The molecular weight excluding hydrogens is 334 g/mol. The summed E-state index contributed by atoms with van der Waals surface area (Å²) in [6.45, 7) is 19.6. The summed E-state index contributed by atoms with van der Waals surface area (Å²) in [6, 6.07) is 8.44. The molecule has 0 saturated carbocycles. The summed E-state index contributed by atoms with van der Waals surface area (Å²) >= 11 is 0. The summed E-state index contributed by atoms with van der Waals surface area (Å²) in [7, 11) is 0. The van der Waals surface area contributed by atoms with E-state index in [4.69, 9.17) is 4.74 Å². The molecule has 3 heteroatoms. The summed E-state index contributed by atoms with van der Waals surface area (Å²) in [4.78, 5) is 1.51. The summed E-state index contributed by atoms with van der Waals surface area (Å²) in [5.41, 5.74) is 1.78. The molecule has 0 bridgehead atoms. The fourth-order valence-corrected chi connectivity index (χ4v) is 5.10. The van der Waals surface area contributed by atoms with E-state index in [-0.39, 0.29) is 5.41 Å². The minimum Gasteiger partial charge on any atom is -0.491 e. The molecule has 1 heterocycles. The van der Waals surface area contributed by atoms with Crippen molar-refractivity contribution < 1.29 is 14.7 Å². The van der Waals surface area contributed by atoms with Gasteiger partial charge in [0, 0.05) is 11.8 Å². The topological polar surface area (TPSA) is 33.9 Å². The van der Waals surface area contributed by atoms with Crippen molar-refractivity contribution in [1.82, 2.24) is 0 Å². The SMILES string of the molecule is C[C@@H]1C[C@H](C)C[NH+](C[C@H](O)COc2ccc(C(C)(C)CC(C)(C)C)cc2)C1. The first-order chi connectivity index (χ1) is 12.4. The van der Waals surface area contributed by atoms with Gasteiger partial charge in [0.1, 0.15) is 25.0 Å². The summed E-state index contributed by atoms with van der Waals surface area (Å²) in [5, 5.41) is 10.4. The molecule has 1 fully saturated rings. The first-order valence-electron chi connectivity index (χ1n) is 10.7. The first kappa shape index (κ1) is 22.2. The van der Waals surface area contributed by atoms with Crippen LogP contribution in [0.2, 0.25) is 0 Å². The number of ether oxygens (including phenoxy) is 1. The van der Waals surface area contributed by atoms with Crippen molar-refractivity contribution in [3.63, 3.8) is 0 Å². The maximum absolute atomic E-state index is 10.4. The Morgan fingerprint density at radius 2 is 1.59 bits per heavy atom. The lowest BCUT2D eigenvalue weighted by Crippen LogP contribution is -3.15. The van der Waals surface area contributed by atoms with Gasteiger partial charge in [0.15, 0.2) is 0 Å². The molecule has 2 N–H and O–H groups in total. The molecular formula is C24H42NO2+. The average Bonchev–Trinajstić information content (AvgIpc) is 2.50. The van der Waals surface area contributed by atoms with E-state index in [1.807, 2.05) is 12.1 Å². The van der Waals surface area contributed by atoms with Gasteiger partial charge in [-0.25, -0.2) is 0 Å². The van der Waals surface area contributed by atoms with Gasteiger partial charge in [-0.3, -0.25) is 0 Å². The zero-order chi connectivity index (χ0) is 20.2. The predicted molar refractivity (Wildman–Crippen MR) is 114 cm³/mol. The lowest BCUT2D eigenvalue weighted by molar-refractivity contribution is -0.915. The number of rotatable bonds is 7. The third-order valence-corrected chi connectivity index (χ3v) is 5.65. The predicted octanol–water partition coefficient (Wildman–Crippen LogP) is 3.70. The number of aliphatic hydroxyl groups is 1. The molecule has 154 valence electrons. The smallest absolute Gasteiger partial charge is 0.137 e. The minimum atomic E-state index is -0.408. The molecule has 1 aliphatic heterocycles. The molecule has 1 saturated heterocycles. The molecule has 0 amide bonds. The van der Waals surface area contributed by atoms with Crippen LogP contribution in [-0.2, 0) is 5.41 Å². The van der Waals surface area contributed by atoms with Crippen molar-refractivity contribution >= 4 is 0 Å². The Hall–Kier alpha value is -1.06. The number of aliphatic hydroxyl groups excluding tert-OH is 1. The van der Waals surface area contributed by atoms with Crippen LogP contribution in [0.3, 0.4) is 0 Å². The third-order valence-electron chi connectivity index (χ3n) is 5.65. The first-order valence-corrected chi connectivity index (χ1v) is 10.7. The van der Waals surface area contributed by atoms with Crippen molar-refractivity contribution in [3.05, 3.63) is 29.8 Å². The molecule has 0 radical (unpaired) electrons. The van der Waals surface area contributed by atoms with Crippen molar-refractivity contribution in [2.24, 2.45) is 17.3 Å². The molecule has 2 rings (SSSR count). The number of nitrogens with one attached hydrogen (secondary N) is 1. The summed E-state index contributed by atoms with van der Waals surface area (Å²) < 4.78 is 5.87. The second kappa shape index (κ2) is 8.96. The Morgan fingerprint density at radius 1 is 1.04 bits per heavy atom. The van der Waals surface area contributed by atoms with Gasteiger partial charge < -0.3 is 14.7 Å². The number of hydrogen-bond donors (Lipinski definition) is 2. The van der Waals surface area contributed by atoms with Gasteiger partial charge >= 0.3 is 0 Å². The van der Waals surface area contributed by atoms with E-state index in [2.05, 4.69) is 60.6 Å². The maximum Gasteiger partial charge on any atom is 0.137 e. The molecule has 1 unspecified atom stereocenters. The second-order valence-corrected chi connectivity index (χ2v) is 10.9. The zero-order valence-corrected chi connectivity index (χ0v) is 18.6. The molecule has 0 spiro atoms. The van der Waals surface area contributed by atoms with Gasteiger partial charge in [0.05, 0.1) is 13.1 Å². The van der Waals surface area contributed by atoms with E-state index in [9.17, 15) is 5.11 Å². The average molecular weight is 377 g/mol. The molecule has 0 aromatic heterocycles. The van der Waals surface area contributed by atoms with Crippen LogP contribution in [0, 0.1) is 17.3 Å². The van der Waals surface area contributed by atoms with Crippen LogP contribution in [0.4, 0.5) is 0 Å². The Labute approximate surface area is 167 Å². The minimum absolute atomic E-state index is 0.140. The lowest BCUT2D eigenvalue weighted by atomic mass is 9.72. The van der Waals surface area contributed by atoms with E-state index in [0.29, 0.717) is 12.0 Å². The van der Waals surface area contributed by atoms with E-state index in [1.165, 1.54) is 30.0 Å². The van der Waals surface area contributed by atoms with Crippen LogP contribution < -0.4 is 9.64 Å². The van der Waals surface area contributed by atoms with Gasteiger partial charge in [-0.1, -0.05) is 60.6 Å². The number of piperidine rings is 1. The quantitative estimate of drug-likeness (QED) is 0.761. The highest BCUT2D eigenvalue weighted by atomic mass is 16.5. The van der Waals surface area contributed by atoms with E-state index in [1.54, 1.807) is 0 Å². The monoisotopic (exact) mass is 376 g/mol. The largest absolute Gasteiger partial charge is 0.491 e. The van der Waals surface area contributed by atoms with Crippen molar-refractivity contribution in [2.45, 2.75) is 72.8 Å². The van der Waals surface area contributed by atoms with Gasteiger partial charge in [-0.2, -0.15) is 0 Å². The number of benzene rings is 1. The van der Waals surface area contributed by atoms with Crippen LogP contribution in [-0.4, -0.2) is 37.5 Å². The molecule has 1 aliphatic rings. The highest BCUT2D eigenvalue weighted by Gasteiger charge is 2.28. The summed E-state index contributed by atoms with van der Waals surface area (Å²) in [6.07, 6.45) is 2.04. The van der Waals surface area contributed by atoms with Crippen molar-refractivity contribution in [1.29, 1.82) is 0 Å². The van der Waals surface area contributed by atoms with Crippen LogP contribution in [0.1, 0.15) is 66.9 Å².